The van der Waals surface area contributed by atoms with Gasteiger partial charge in [-0.1, -0.05) is 32.9 Å². The fourth-order valence-electron chi connectivity index (χ4n) is 2.75. The molecule has 1 aliphatic heterocycles. The molecule has 3 rings (SSSR count). The van der Waals surface area contributed by atoms with E-state index in [-0.39, 0.29) is 11.5 Å². The van der Waals surface area contributed by atoms with Crippen LogP contribution in [0.3, 0.4) is 0 Å². The smallest absolute Gasteiger partial charge is 0.125 e. The highest BCUT2D eigenvalue weighted by Crippen LogP contribution is 2.33. The number of methoxy groups -OCH3 is 1. The van der Waals surface area contributed by atoms with Crippen LogP contribution in [0, 0.1) is 0 Å². The largest absolute Gasteiger partial charge is 0.497 e. The SMILES string of the molecule is COc1cccc(C2CCNc3cc(C(C)(C)C)nn32)c1. The minimum absolute atomic E-state index is 0.0605. The van der Waals surface area contributed by atoms with Gasteiger partial charge in [0.05, 0.1) is 18.8 Å². The highest BCUT2D eigenvalue weighted by molar-refractivity contribution is 5.43. The van der Waals surface area contributed by atoms with Crippen molar-refractivity contribution in [3.05, 3.63) is 41.6 Å². The van der Waals surface area contributed by atoms with Crippen molar-refractivity contribution in [2.24, 2.45) is 0 Å². The second-order valence-electron chi connectivity index (χ2n) is 6.62. The molecule has 4 heteroatoms. The van der Waals surface area contributed by atoms with Crippen LogP contribution in [0.4, 0.5) is 5.82 Å². The van der Waals surface area contributed by atoms with Gasteiger partial charge in [0.15, 0.2) is 0 Å². The maximum atomic E-state index is 5.35. The first-order chi connectivity index (χ1) is 9.99. The molecule has 1 aliphatic rings. The summed E-state index contributed by atoms with van der Waals surface area (Å²) in [5.41, 5.74) is 2.44. The topological polar surface area (TPSA) is 39.1 Å². The molecule has 0 radical (unpaired) electrons. The van der Waals surface area contributed by atoms with Crippen LogP contribution in [0.15, 0.2) is 30.3 Å². The van der Waals surface area contributed by atoms with Crippen molar-refractivity contribution in [1.29, 1.82) is 0 Å². The van der Waals surface area contributed by atoms with E-state index in [0.29, 0.717) is 0 Å². The summed E-state index contributed by atoms with van der Waals surface area (Å²) in [5.74, 6) is 2.01. The molecule has 0 amide bonds. The van der Waals surface area contributed by atoms with E-state index in [1.54, 1.807) is 7.11 Å². The Bertz CT molecular complexity index is 640. The van der Waals surface area contributed by atoms with Gasteiger partial charge in [0.25, 0.3) is 0 Å². The Balaban J connectivity index is 2.01. The van der Waals surface area contributed by atoms with Crippen molar-refractivity contribution in [3.8, 4) is 5.75 Å². The van der Waals surface area contributed by atoms with Crippen LogP contribution in [-0.2, 0) is 5.41 Å². The third-order valence-corrected chi connectivity index (χ3v) is 4.00. The molecule has 0 fully saturated rings. The van der Waals surface area contributed by atoms with E-state index in [0.717, 1.165) is 30.2 Å². The second-order valence-corrected chi connectivity index (χ2v) is 6.62. The Labute approximate surface area is 126 Å². The summed E-state index contributed by atoms with van der Waals surface area (Å²) in [7, 11) is 1.71. The number of ether oxygens (including phenoxy) is 1. The van der Waals surface area contributed by atoms with Crippen molar-refractivity contribution in [1.82, 2.24) is 9.78 Å². The van der Waals surface area contributed by atoms with Gasteiger partial charge in [-0.05, 0) is 24.1 Å². The zero-order valence-corrected chi connectivity index (χ0v) is 13.2. The van der Waals surface area contributed by atoms with Gasteiger partial charge in [0, 0.05) is 18.0 Å². The van der Waals surface area contributed by atoms with Crippen molar-refractivity contribution in [2.45, 2.75) is 38.6 Å². The summed E-state index contributed by atoms with van der Waals surface area (Å²) < 4.78 is 7.47. The maximum absolute atomic E-state index is 5.35. The lowest BCUT2D eigenvalue weighted by atomic mass is 9.92. The van der Waals surface area contributed by atoms with Crippen LogP contribution in [0.2, 0.25) is 0 Å². The Morgan fingerprint density at radius 3 is 2.81 bits per heavy atom. The maximum Gasteiger partial charge on any atom is 0.125 e. The minimum atomic E-state index is 0.0605. The molecular weight excluding hydrogens is 262 g/mol. The summed E-state index contributed by atoms with van der Waals surface area (Å²) in [6.07, 6.45) is 1.03. The number of nitrogens with one attached hydrogen (secondary N) is 1. The number of hydrogen-bond donors (Lipinski definition) is 1. The molecule has 2 heterocycles. The molecule has 0 saturated heterocycles. The first-order valence-electron chi connectivity index (χ1n) is 7.47. The molecule has 1 atom stereocenters. The molecule has 21 heavy (non-hydrogen) atoms. The van der Waals surface area contributed by atoms with Gasteiger partial charge in [-0.25, -0.2) is 4.68 Å². The summed E-state index contributed by atoms with van der Waals surface area (Å²) >= 11 is 0. The van der Waals surface area contributed by atoms with Gasteiger partial charge in [-0.15, -0.1) is 0 Å². The summed E-state index contributed by atoms with van der Waals surface area (Å²) in [6, 6.07) is 10.7. The average Bonchev–Trinajstić information content (AvgIpc) is 2.91. The lowest BCUT2D eigenvalue weighted by Crippen LogP contribution is -2.24. The molecule has 2 aromatic rings. The number of rotatable bonds is 2. The highest BCUT2D eigenvalue weighted by atomic mass is 16.5. The van der Waals surface area contributed by atoms with Crippen LogP contribution in [-0.4, -0.2) is 23.4 Å². The van der Waals surface area contributed by atoms with E-state index in [1.165, 1.54) is 5.56 Å². The van der Waals surface area contributed by atoms with Crippen molar-refractivity contribution in [3.63, 3.8) is 0 Å². The molecule has 0 saturated carbocycles. The number of aromatic nitrogens is 2. The summed E-state index contributed by atoms with van der Waals surface area (Å²) in [4.78, 5) is 0. The Morgan fingerprint density at radius 2 is 2.10 bits per heavy atom. The van der Waals surface area contributed by atoms with Gasteiger partial charge in [-0.2, -0.15) is 5.10 Å². The molecule has 4 nitrogen and oxygen atoms in total. The van der Waals surface area contributed by atoms with Crippen molar-refractivity contribution in [2.75, 3.05) is 19.0 Å². The van der Waals surface area contributed by atoms with Crippen LogP contribution < -0.4 is 10.1 Å². The Hall–Kier alpha value is -1.97. The average molecular weight is 285 g/mol. The van der Waals surface area contributed by atoms with Crippen molar-refractivity contribution < 1.29 is 4.74 Å². The zero-order valence-electron chi connectivity index (χ0n) is 13.2. The summed E-state index contributed by atoms with van der Waals surface area (Å²) in [5, 5.41) is 8.30. The fraction of sp³-hybridized carbons (Fsp3) is 0.471. The van der Waals surface area contributed by atoms with Crippen LogP contribution in [0.5, 0.6) is 5.75 Å². The number of fused-ring (bicyclic) bond motifs is 1. The minimum Gasteiger partial charge on any atom is -0.497 e. The van der Waals surface area contributed by atoms with Crippen LogP contribution in [0.1, 0.15) is 44.5 Å². The normalized spacial score (nSPS) is 18.0. The van der Waals surface area contributed by atoms with E-state index in [9.17, 15) is 0 Å². The predicted octanol–water partition coefficient (Wildman–Crippen LogP) is 3.59. The van der Waals surface area contributed by atoms with E-state index in [1.807, 2.05) is 12.1 Å². The zero-order chi connectivity index (χ0) is 15.0. The first kappa shape index (κ1) is 14.0. The molecule has 0 spiro atoms. The Morgan fingerprint density at radius 1 is 1.29 bits per heavy atom. The lowest BCUT2D eigenvalue weighted by molar-refractivity contribution is 0.411. The molecule has 1 aromatic carbocycles. The van der Waals surface area contributed by atoms with Gasteiger partial charge in [-0.3, -0.25) is 0 Å². The third kappa shape index (κ3) is 2.62. The monoisotopic (exact) mass is 285 g/mol. The van der Waals surface area contributed by atoms with Gasteiger partial charge < -0.3 is 10.1 Å². The first-order valence-corrected chi connectivity index (χ1v) is 7.47. The lowest BCUT2D eigenvalue weighted by Gasteiger charge is -2.26. The second kappa shape index (κ2) is 5.10. The van der Waals surface area contributed by atoms with E-state index < -0.39 is 0 Å². The molecule has 0 bridgehead atoms. The highest BCUT2D eigenvalue weighted by Gasteiger charge is 2.26. The van der Waals surface area contributed by atoms with E-state index in [4.69, 9.17) is 9.84 Å². The fourth-order valence-corrected chi connectivity index (χ4v) is 2.75. The van der Waals surface area contributed by atoms with E-state index in [2.05, 4.69) is 49.0 Å². The number of hydrogen-bond acceptors (Lipinski definition) is 3. The molecule has 1 unspecified atom stereocenters. The number of benzene rings is 1. The number of nitrogens with zero attached hydrogens (tertiary/aromatic N) is 2. The molecule has 1 aromatic heterocycles. The predicted molar refractivity (Wildman–Crippen MR) is 85.2 cm³/mol. The number of anilines is 1. The molecule has 112 valence electrons. The molecule has 1 N–H and O–H groups in total. The third-order valence-electron chi connectivity index (χ3n) is 4.00. The van der Waals surface area contributed by atoms with Gasteiger partial charge in [0.2, 0.25) is 0 Å². The molecule has 0 aliphatic carbocycles. The quantitative estimate of drug-likeness (QED) is 0.916. The standard InChI is InChI=1S/C17H23N3O/c1-17(2,3)15-11-16-18-9-8-14(20(16)19-15)12-6-5-7-13(10-12)21-4/h5-7,10-11,14,18H,8-9H2,1-4H3. The van der Waals surface area contributed by atoms with E-state index >= 15 is 0 Å². The van der Waals surface area contributed by atoms with Crippen LogP contribution in [0.25, 0.3) is 0 Å². The van der Waals surface area contributed by atoms with Crippen molar-refractivity contribution >= 4 is 5.82 Å². The summed E-state index contributed by atoms with van der Waals surface area (Å²) in [6.45, 7) is 7.56. The Kier molecular flexibility index (Phi) is 3.40. The van der Waals surface area contributed by atoms with Gasteiger partial charge in [0.1, 0.15) is 11.6 Å². The molecular formula is C17H23N3O. The van der Waals surface area contributed by atoms with Crippen LogP contribution >= 0.6 is 0 Å². The van der Waals surface area contributed by atoms with Gasteiger partial charge >= 0.3 is 0 Å².